The highest BCUT2D eigenvalue weighted by Crippen LogP contribution is 2.23. The SMILES string of the molecule is O=C(COC(=O)c1cccc(S(=O)(=O)N2CCCCCC2)c1)Nc1ccc(Oc2ccccc2)cc1. The van der Waals surface area contributed by atoms with E-state index < -0.39 is 28.5 Å². The van der Waals surface area contributed by atoms with Gasteiger partial charge in [-0.3, -0.25) is 4.79 Å². The van der Waals surface area contributed by atoms with Gasteiger partial charge in [-0.25, -0.2) is 13.2 Å². The van der Waals surface area contributed by atoms with Crippen molar-refractivity contribution in [1.29, 1.82) is 0 Å². The zero-order valence-electron chi connectivity index (χ0n) is 19.8. The first kappa shape index (κ1) is 25.4. The van der Waals surface area contributed by atoms with Crippen LogP contribution in [0.3, 0.4) is 0 Å². The molecule has 8 nitrogen and oxygen atoms in total. The van der Waals surface area contributed by atoms with Crippen molar-refractivity contribution in [2.75, 3.05) is 25.0 Å². The lowest BCUT2D eigenvalue weighted by Gasteiger charge is -2.20. The van der Waals surface area contributed by atoms with Gasteiger partial charge < -0.3 is 14.8 Å². The van der Waals surface area contributed by atoms with Gasteiger partial charge in [0.2, 0.25) is 10.0 Å². The van der Waals surface area contributed by atoms with E-state index in [0.717, 1.165) is 25.7 Å². The van der Waals surface area contributed by atoms with Crippen molar-refractivity contribution in [2.45, 2.75) is 30.6 Å². The van der Waals surface area contributed by atoms with E-state index in [0.29, 0.717) is 30.3 Å². The first-order chi connectivity index (χ1) is 17.4. The summed E-state index contributed by atoms with van der Waals surface area (Å²) in [6.07, 6.45) is 3.65. The summed E-state index contributed by atoms with van der Waals surface area (Å²) in [4.78, 5) is 24.8. The number of ether oxygens (including phenoxy) is 2. The molecule has 0 bridgehead atoms. The van der Waals surface area contributed by atoms with Crippen LogP contribution < -0.4 is 10.1 Å². The van der Waals surface area contributed by atoms with E-state index in [1.807, 2.05) is 30.3 Å². The van der Waals surface area contributed by atoms with Gasteiger partial charge >= 0.3 is 5.97 Å². The summed E-state index contributed by atoms with van der Waals surface area (Å²) in [5, 5.41) is 2.65. The third-order valence-corrected chi connectivity index (χ3v) is 7.62. The summed E-state index contributed by atoms with van der Waals surface area (Å²) in [7, 11) is -3.70. The van der Waals surface area contributed by atoms with Crippen molar-refractivity contribution in [3.05, 3.63) is 84.4 Å². The maximum absolute atomic E-state index is 13.0. The molecule has 1 heterocycles. The van der Waals surface area contributed by atoms with Gasteiger partial charge in [0.15, 0.2) is 6.61 Å². The summed E-state index contributed by atoms with van der Waals surface area (Å²) in [6, 6.07) is 21.8. The number of carbonyl (C=O) groups excluding carboxylic acids is 2. The number of anilines is 1. The minimum Gasteiger partial charge on any atom is -0.457 e. The van der Waals surface area contributed by atoms with Crippen LogP contribution in [-0.2, 0) is 19.6 Å². The molecule has 0 saturated carbocycles. The number of para-hydroxylation sites is 1. The molecule has 0 radical (unpaired) electrons. The van der Waals surface area contributed by atoms with E-state index in [-0.39, 0.29) is 10.5 Å². The van der Waals surface area contributed by atoms with Gasteiger partial charge in [0.05, 0.1) is 10.5 Å². The van der Waals surface area contributed by atoms with Crippen molar-refractivity contribution in [1.82, 2.24) is 4.31 Å². The van der Waals surface area contributed by atoms with Crippen LogP contribution in [0.25, 0.3) is 0 Å². The van der Waals surface area contributed by atoms with Crippen LogP contribution in [0.5, 0.6) is 11.5 Å². The van der Waals surface area contributed by atoms with Crippen molar-refractivity contribution < 1.29 is 27.5 Å². The van der Waals surface area contributed by atoms with E-state index in [1.165, 1.54) is 28.6 Å². The summed E-state index contributed by atoms with van der Waals surface area (Å²) < 4.78 is 38.3. The number of sulfonamides is 1. The number of hydrogen-bond acceptors (Lipinski definition) is 6. The fourth-order valence-electron chi connectivity index (χ4n) is 3.86. The lowest BCUT2D eigenvalue weighted by atomic mass is 10.2. The number of nitrogens with zero attached hydrogens (tertiary/aromatic N) is 1. The molecule has 1 saturated heterocycles. The quantitative estimate of drug-likeness (QED) is 0.437. The molecule has 1 aliphatic heterocycles. The smallest absolute Gasteiger partial charge is 0.338 e. The lowest BCUT2D eigenvalue weighted by molar-refractivity contribution is -0.119. The molecule has 9 heteroatoms. The Morgan fingerprint density at radius 3 is 2.17 bits per heavy atom. The molecule has 3 aromatic carbocycles. The molecule has 3 aromatic rings. The van der Waals surface area contributed by atoms with E-state index in [4.69, 9.17) is 9.47 Å². The number of benzene rings is 3. The Morgan fingerprint density at radius 1 is 0.806 bits per heavy atom. The molecule has 0 unspecified atom stereocenters. The molecule has 0 atom stereocenters. The van der Waals surface area contributed by atoms with Gasteiger partial charge in [0.1, 0.15) is 11.5 Å². The van der Waals surface area contributed by atoms with Crippen molar-refractivity contribution in [3.63, 3.8) is 0 Å². The van der Waals surface area contributed by atoms with E-state index in [9.17, 15) is 18.0 Å². The Labute approximate surface area is 210 Å². The average molecular weight is 509 g/mol. The number of amides is 1. The highest BCUT2D eigenvalue weighted by Gasteiger charge is 2.26. The van der Waals surface area contributed by atoms with Crippen LogP contribution in [0.4, 0.5) is 5.69 Å². The highest BCUT2D eigenvalue weighted by molar-refractivity contribution is 7.89. The van der Waals surface area contributed by atoms with Crippen LogP contribution in [0.15, 0.2) is 83.8 Å². The number of hydrogen-bond donors (Lipinski definition) is 1. The van der Waals surface area contributed by atoms with Crippen LogP contribution in [0.2, 0.25) is 0 Å². The normalized spacial score (nSPS) is 14.4. The van der Waals surface area contributed by atoms with Gasteiger partial charge in [-0.15, -0.1) is 0 Å². The molecule has 36 heavy (non-hydrogen) atoms. The van der Waals surface area contributed by atoms with Gasteiger partial charge in [-0.2, -0.15) is 4.31 Å². The standard InChI is InChI=1S/C27H28N2O6S/c30-26(28-22-13-15-24(16-14-22)35-23-10-4-3-5-11-23)20-34-27(31)21-9-8-12-25(19-21)36(32,33)29-17-6-1-2-7-18-29/h3-5,8-16,19H,1-2,6-7,17-18,20H2,(H,28,30). The molecule has 1 amide bonds. The van der Waals surface area contributed by atoms with Crippen LogP contribution >= 0.6 is 0 Å². The van der Waals surface area contributed by atoms with Crippen LogP contribution in [0.1, 0.15) is 36.0 Å². The zero-order chi connectivity index (χ0) is 25.4. The Bertz CT molecular complexity index is 1290. The van der Waals surface area contributed by atoms with Gasteiger partial charge in [0, 0.05) is 18.8 Å². The number of esters is 1. The second-order valence-electron chi connectivity index (χ2n) is 8.41. The topological polar surface area (TPSA) is 102 Å². The summed E-state index contributed by atoms with van der Waals surface area (Å²) in [6.45, 7) is 0.428. The van der Waals surface area contributed by atoms with Crippen molar-refractivity contribution in [3.8, 4) is 11.5 Å². The summed E-state index contributed by atoms with van der Waals surface area (Å²) in [5.41, 5.74) is 0.586. The van der Waals surface area contributed by atoms with Crippen LogP contribution in [0, 0.1) is 0 Å². The van der Waals surface area contributed by atoms with Gasteiger partial charge in [0.25, 0.3) is 5.91 Å². The second kappa shape index (κ2) is 11.8. The Morgan fingerprint density at radius 2 is 1.47 bits per heavy atom. The minimum atomic E-state index is -3.70. The van der Waals surface area contributed by atoms with Gasteiger partial charge in [-0.1, -0.05) is 37.1 Å². The van der Waals surface area contributed by atoms with Crippen molar-refractivity contribution >= 4 is 27.6 Å². The molecule has 0 aromatic heterocycles. The molecular formula is C27H28N2O6S. The number of carbonyl (C=O) groups is 2. The maximum atomic E-state index is 13.0. The third-order valence-electron chi connectivity index (χ3n) is 5.72. The lowest BCUT2D eigenvalue weighted by Crippen LogP contribution is -2.32. The molecule has 1 N–H and O–H groups in total. The Balaban J connectivity index is 1.31. The van der Waals surface area contributed by atoms with Gasteiger partial charge in [-0.05, 0) is 67.4 Å². The molecule has 1 aliphatic rings. The van der Waals surface area contributed by atoms with E-state index >= 15 is 0 Å². The molecule has 0 spiro atoms. The monoisotopic (exact) mass is 508 g/mol. The molecule has 188 valence electrons. The fraction of sp³-hybridized carbons (Fsp3) is 0.259. The Hall–Kier alpha value is -3.69. The van der Waals surface area contributed by atoms with Crippen molar-refractivity contribution in [2.24, 2.45) is 0 Å². The fourth-order valence-corrected chi connectivity index (χ4v) is 5.42. The predicted molar refractivity (Wildman–Crippen MR) is 136 cm³/mol. The maximum Gasteiger partial charge on any atom is 0.338 e. The summed E-state index contributed by atoms with van der Waals surface area (Å²) in [5.74, 6) is 0.0169. The molecule has 4 rings (SSSR count). The van der Waals surface area contributed by atoms with E-state index in [2.05, 4.69) is 5.32 Å². The highest BCUT2D eigenvalue weighted by atomic mass is 32.2. The second-order valence-corrected chi connectivity index (χ2v) is 10.3. The largest absolute Gasteiger partial charge is 0.457 e. The third kappa shape index (κ3) is 6.71. The summed E-state index contributed by atoms with van der Waals surface area (Å²) >= 11 is 0. The molecule has 0 aliphatic carbocycles. The minimum absolute atomic E-state index is 0.0427. The molecule has 1 fully saturated rings. The average Bonchev–Trinajstić information content (AvgIpc) is 3.20. The molecular weight excluding hydrogens is 480 g/mol. The zero-order valence-corrected chi connectivity index (χ0v) is 20.6. The first-order valence-electron chi connectivity index (χ1n) is 11.8. The number of rotatable bonds is 8. The predicted octanol–water partition coefficient (Wildman–Crippen LogP) is 4.84. The van der Waals surface area contributed by atoms with E-state index in [1.54, 1.807) is 24.3 Å². The Kier molecular flexibility index (Phi) is 8.35. The first-order valence-corrected chi connectivity index (χ1v) is 13.3. The number of nitrogens with one attached hydrogen (secondary N) is 1. The van der Waals surface area contributed by atoms with Crippen LogP contribution in [-0.4, -0.2) is 44.3 Å².